The highest BCUT2D eigenvalue weighted by Gasteiger charge is 2.12. The number of halogens is 3. The van der Waals surface area contributed by atoms with E-state index in [0.717, 1.165) is 11.1 Å². The van der Waals surface area contributed by atoms with E-state index < -0.39 is 0 Å². The Bertz CT molecular complexity index is 824. The molecule has 0 aliphatic rings. The number of hydrogen-bond acceptors (Lipinski definition) is 4. The minimum atomic E-state index is -0.123. The molecule has 2 aromatic carbocycles. The van der Waals surface area contributed by atoms with Gasteiger partial charge in [-0.1, -0.05) is 29.3 Å². The molecule has 0 amide bonds. The largest absolute Gasteiger partial charge is 0.493 e. The van der Waals surface area contributed by atoms with Crippen molar-refractivity contribution in [3.05, 3.63) is 56.0 Å². The van der Waals surface area contributed by atoms with Gasteiger partial charge in [-0.3, -0.25) is 0 Å². The van der Waals surface area contributed by atoms with Crippen LogP contribution in [0.5, 0.6) is 11.5 Å². The molecule has 0 saturated heterocycles. The van der Waals surface area contributed by atoms with Crippen molar-refractivity contribution in [3.63, 3.8) is 0 Å². The summed E-state index contributed by atoms with van der Waals surface area (Å²) < 4.78 is 11.9. The van der Waals surface area contributed by atoms with Gasteiger partial charge < -0.3 is 20.9 Å². The molecule has 0 heterocycles. The van der Waals surface area contributed by atoms with Gasteiger partial charge in [0.25, 0.3) is 0 Å². The first-order valence-corrected chi connectivity index (χ1v) is 8.52. The fourth-order valence-corrected chi connectivity index (χ4v) is 2.94. The van der Waals surface area contributed by atoms with Crippen LogP contribution in [0.15, 0.2) is 45.0 Å². The van der Waals surface area contributed by atoms with Crippen molar-refractivity contribution < 1.29 is 9.47 Å². The Labute approximate surface area is 163 Å². The molecule has 0 aromatic heterocycles. The first kappa shape index (κ1) is 19.4. The van der Waals surface area contributed by atoms with Crippen molar-refractivity contribution in [1.82, 2.24) is 0 Å². The summed E-state index contributed by atoms with van der Waals surface area (Å²) >= 11 is 15.5. The lowest BCUT2D eigenvalue weighted by Gasteiger charge is -2.14. The van der Waals surface area contributed by atoms with Crippen molar-refractivity contribution in [2.24, 2.45) is 21.7 Å². The smallest absolute Gasteiger partial charge is 0.211 e. The number of rotatable bonds is 6. The Morgan fingerprint density at radius 2 is 2.00 bits per heavy atom. The van der Waals surface area contributed by atoms with Gasteiger partial charge in [0.15, 0.2) is 11.5 Å². The highest BCUT2D eigenvalue weighted by atomic mass is 79.9. The van der Waals surface area contributed by atoms with Gasteiger partial charge in [-0.05, 0) is 45.8 Å². The molecule has 2 aromatic rings. The van der Waals surface area contributed by atoms with Crippen LogP contribution < -0.4 is 20.9 Å². The Hall–Kier alpha value is -1.96. The number of methoxy groups -OCH3 is 1. The molecule has 0 aliphatic carbocycles. The van der Waals surface area contributed by atoms with E-state index in [-0.39, 0.29) is 12.6 Å². The summed E-state index contributed by atoms with van der Waals surface area (Å²) in [5.74, 6) is 0.931. The lowest BCUT2D eigenvalue weighted by atomic mass is 10.2. The van der Waals surface area contributed by atoms with Gasteiger partial charge in [0.2, 0.25) is 5.96 Å². The minimum absolute atomic E-state index is 0.123. The maximum absolute atomic E-state index is 6.16. The van der Waals surface area contributed by atoms with Crippen LogP contribution in [0.25, 0.3) is 0 Å². The third kappa shape index (κ3) is 5.52. The summed E-state index contributed by atoms with van der Waals surface area (Å²) in [6.45, 7) is 0.256. The molecular weight excluding hydrogens is 431 g/mol. The molecule has 0 spiro atoms. The van der Waals surface area contributed by atoms with Crippen molar-refractivity contribution in [3.8, 4) is 11.5 Å². The van der Waals surface area contributed by atoms with Crippen LogP contribution in [0.2, 0.25) is 10.0 Å². The van der Waals surface area contributed by atoms with Crippen molar-refractivity contribution >= 4 is 51.3 Å². The van der Waals surface area contributed by atoms with Crippen LogP contribution in [-0.2, 0) is 6.61 Å². The summed E-state index contributed by atoms with van der Waals surface area (Å²) in [6.07, 6.45) is 1.49. The minimum Gasteiger partial charge on any atom is -0.493 e. The van der Waals surface area contributed by atoms with E-state index in [4.69, 9.17) is 44.1 Å². The predicted octanol–water partition coefficient (Wildman–Crippen LogP) is 3.95. The van der Waals surface area contributed by atoms with Gasteiger partial charge in [0.05, 0.1) is 17.8 Å². The molecule has 0 saturated carbocycles. The molecule has 4 N–H and O–H groups in total. The molecule has 25 heavy (non-hydrogen) atoms. The summed E-state index contributed by atoms with van der Waals surface area (Å²) in [5.41, 5.74) is 12.0. The standard InChI is InChI=1S/C16H15BrCl2N4O2/c1-24-14-5-9(7-22-23-16(20)21)4-12(17)15(14)25-8-10-2-3-11(18)6-13(10)19/h2-7H,8H2,1H3,(H4,20,21,23). The molecule has 9 heteroatoms. The van der Waals surface area contributed by atoms with Gasteiger partial charge >= 0.3 is 0 Å². The number of guanidine groups is 1. The van der Waals surface area contributed by atoms with Crippen LogP contribution in [0.4, 0.5) is 0 Å². The average molecular weight is 446 g/mol. The van der Waals surface area contributed by atoms with Gasteiger partial charge in [-0.25, -0.2) is 0 Å². The second-order valence-electron chi connectivity index (χ2n) is 4.83. The van der Waals surface area contributed by atoms with Gasteiger partial charge in [0, 0.05) is 15.6 Å². The first-order valence-electron chi connectivity index (χ1n) is 6.97. The maximum atomic E-state index is 6.16. The molecule has 0 radical (unpaired) electrons. The Balaban J connectivity index is 2.22. The third-order valence-electron chi connectivity index (χ3n) is 3.02. The zero-order valence-electron chi connectivity index (χ0n) is 13.2. The van der Waals surface area contributed by atoms with Crippen LogP contribution in [0, 0.1) is 0 Å². The average Bonchev–Trinajstić information content (AvgIpc) is 2.54. The SMILES string of the molecule is COc1cc(C=NN=C(N)N)cc(Br)c1OCc1ccc(Cl)cc1Cl. The number of ether oxygens (including phenoxy) is 2. The number of nitrogens with zero attached hydrogens (tertiary/aromatic N) is 2. The second kappa shape index (κ2) is 8.94. The van der Waals surface area contributed by atoms with E-state index in [1.807, 2.05) is 0 Å². The summed E-state index contributed by atoms with van der Waals surface area (Å²) in [5, 5.41) is 8.41. The lowest BCUT2D eigenvalue weighted by molar-refractivity contribution is 0.282. The van der Waals surface area contributed by atoms with Crippen LogP contribution >= 0.6 is 39.1 Å². The first-order chi connectivity index (χ1) is 11.9. The Morgan fingerprint density at radius 1 is 1.24 bits per heavy atom. The Morgan fingerprint density at radius 3 is 2.64 bits per heavy atom. The number of hydrogen-bond donors (Lipinski definition) is 2. The summed E-state index contributed by atoms with van der Waals surface area (Å²) in [4.78, 5) is 0. The van der Waals surface area contributed by atoms with Crippen LogP contribution in [0.1, 0.15) is 11.1 Å². The Kier molecular flexibility index (Phi) is 6.92. The van der Waals surface area contributed by atoms with Crippen molar-refractivity contribution in [2.45, 2.75) is 6.61 Å². The van der Waals surface area contributed by atoms with Crippen molar-refractivity contribution in [1.29, 1.82) is 0 Å². The van der Waals surface area contributed by atoms with E-state index in [9.17, 15) is 0 Å². The van der Waals surface area contributed by atoms with Crippen LogP contribution in [-0.4, -0.2) is 19.3 Å². The molecule has 132 valence electrons. The highest BCUT2D eigenvalue weighted by Crippen LogP contribution is 2.37. The monoisotopic (exact) mass is 444 g/mol. The van der Waals surface area contributed by atoms with E-state index in [1.54, 1.807) is 37.4 Å². The maximum Gasteiger partial charge on any atom is 0.211 e. The van der Waals surface area contributed by atoms with Gasteiger partial charge in [0.1, 0.15) is 6.61 Å². The lowest BCUT2D eigenvalue weighted by Crippen LogP contribution is -2.21. The third-order valence-corrected chi connectivity index (χ3v) is 4.19. The fraction of sp³-hybridized carbons (Fsp3) is 0.125. The molecule has 0 atom stereocenters. The molecular formula is C16H15BrCl2N4O2. The number of benzene rings is 2. The second-order valence-corrected chi connectivity index (χ2v) is 6.53. The van der Waals surface area contributed by atoms with Gasteiger partial charge in [-0.15, -0.1) is 5.10 Å². The molecule has 6 nitrogen and oxygen atoms in total. The molecule has 2 rings (SSSR count). The molecule has 0 unspecified atom stereocenters. The van der Waals surface area contributed by atoms with E-state index in [2.05, 4.69) is 26.1 Å². The molecule has 0 bridgehead atoms. The van der Waals surface area contributed by atoms with E-state index in [1.165, 1.54) is 6.21 Å². The van der Waals surface area contributed by atoms with Crippen molar-refractivity contribution in [2.75, 3.05) is 7.11 Å². The topological polar surface area (TPSA) is 95.2 Å². The normalized spacial score (nSPS) is 10.7. The van der Waals surface area contributed by atoms with Crippen LogP contribution in [0.3, 0.4) is 0 Å². The zero-order valence-corrected chi connectivity index (χ0v) is 16.3. The van der Waals surface area contributed by atoms with E-state index >= 15 is 0 Å². The summed E-state index contributed by atoms with van der Waals surface area (Å²) in [7, 11) is 1.54. The molecule has 0 aliphatic heterocycles. The number of nitrogens with two attached hydrogens (primary N) is 2. The van der Waals surface area contributed by atoms with Gasteiger partial charge in [-0.2, -0.15) is 5.10 Å². The zero-order chi connectivity index (χ0) is 18.4. The highest BCUT2D eigenvalue weighted by molar-refractivity contribution is 9.10. The predicted molar refractivity (Wildman–Crippen MR) is 105 cm³/mol. The van der Waals surface area contributed by atoms with E-state index in [0.29, 0.717) is 26.0 Å². The quantitative estimate of drug-likeness (QED) is 0.399. The molecule has 0 fully saturated rings. The summed E-state index contributed by atoms with van der Waals surface area (Å²) in [6, 6.07) is 8.77. The fourth-order valence-electron chi connectivity index (χ4n) is 1.91.